The van der Waals surface area contributed by atoms with Crippen molar-refractivity contribution in [3.8, 4) is 0 Å². The van der Waals surface area contributed by atoms with E-state index < -0.39 is 16.4 Å². The van der Waals surface area contributed by atoms with E-state index in [1.165, 1.54) is 0 Å². The van der Waals surface area contributed by atoms with Crippen LogP contribution in [0.15, 0.2) is 23.1 Å². The third-order valence-electron chi connectivity index (χ3n) is 3.51. The lowest BCUT2D eigenvalue weighted by atomic mass is 10.1. The van der Waals surface area contributed by atoms with Gasteiger partial charge in [0.05, 0.1) is 20.7 Å². The molecule has 1 saturated heterocycles. The number of nitrogens with zero attached hydrogens (tertiary/aromatic N) is 1. The molecule has 1 aliphatic rings. The van der Waals surface area contributed by atoms with E-state index in [4.69, 9.17) is 27.9 Å². The minimum Gasteiger partial charge on any atom is -0.444 e. The van der Waals surface area contributed by atoms with E-state index in [1.807, 2.05) is 20.8 Å². The van der Waals surface area contributed by atoms with Crippen LogP contribution in [0, 0.1) is 0 Å². The van der Waals surface area contributed by atoms with Crippen LogP contribution in [0.2, 0.25) is 10.0 Å². The molecule has 1 amide bonds. The van der Waals surface area contributed by atoms with Gasteiger partial charge in [0.2, 0.25) is 0 Å². The second kappa shape index (κ2) is 7.41. The first-order valence-electron chi connectivity index (χ1n) is 7.51. The van der Waals surface area contributed by atoms with Crippen LogP contribution in [0.1, 0.15) is 33.6 Å². The summed E-state index contributed by atoms with van der Waals surface area (Å²) in [5.74, 6) is 0. The Bertz CT molecular complexity index is 608. The Balaban J connectivity index is 1.96. The van der Waals surface area contributed by atoms with Gasteiger partial charge in [-0.05, 0) is 51.8 Å². The number of carbonyl (C=O) groups excluding carboxylic acids is 1. The van der Waals surface area contributed by atoms with Gasteiger partial charge in [-0.1, -0.05) is 23.2 Å². The standard InChI is InChI=1S/C16H21Cl2NO3S/c1-16(2,3)22-15(20)19-8-6-12(7-9-19)23(21)14-5-4-11(17)10-13(14)18/h4-5,10,12H,6-9H2,1-3H3/t23-/m1/s1. The van der Waals surface area contributed by atoms with E-state index in [9.17, 15) is 9.00 Å². The zero-order valence-electron chi connectivity index (χ0n) is 13.5. The lowest BCUT2D eigenvalue weighted by molar-refractivity contribution is 0.0218. The number of hydrogen-bond acceptors (Lipinski definition) is 3. The molecular formula is C16H21Cl2NO3S. The van der Waals surface area contributed by atoms with Crippen molar-refractivity contribution in [1.82, 2.24) is 4.90 Å². The van der Waals surface area contributed by atoms with Gasteiger partial charge in [-0.25, -0.2) is 4.79 Å². The zero-order chi connectivity index (χ0) is 17.2. The Morgan fingerprint density at radius 3 is 2.39 bits per heavy atom. The van der Waals surface area contributed by atoms with E-state index >= 15 is 0 Å². The number of hydrogen-bond donors (Lipinski definition) is 0. The first kappa shape index (κ1) is 18.6. The van der Waals surface area contributed by atoms with Crippen molar-refractivity contribution < 1.29 is 13.7 Å². The highest BCUT2D eigenvalue weighted by Gasteiger charge is 2.30. The fraction of sp³-hybridized carbons (Fsp3) is 0.562. The van der Waals surface area contributed by atoms with E-state index in [0.717, 1.165) is 0 Å². The topological polar surface area (TPSA) is 46.6 Å². The third kappa shape index (κ3) is 5.10. The molecule has 7 heteroatoms. The Morgan fingerprint density at radius 1 is 1.26 bits per heavy atom. The maximum atomic E-state index is 12.7. The van der Waals surface area contributed by atoms with Crippen molar-refractivity contribution in [3.05, 3.63) is 28.2 Å². The maximum Gasteiger partial charge on any atom is 0.410 e. The van der Waals surface area contributed by atoms with Crippen LogP contribution < -0.4 is 0 Å². The van der Waals surface area contributed by atoms with Gasteiger partial charge in [0.15, 0.2) is 0 Å². The number of rotatable bonds is 2. The van der Waals surface area contributed by atoms with Gasteiger partial charge >= 0.3 is 6.09 Å². The Hall–Kier alpha value is -0.780. The molecule has 2 rings (SSSR count). The van der Waals surface area contributed by atoms with Gasteiger partial charge < -0.3 is 9.64 Å². The van der Waals surface area contributed by atoms with Gasteiger partial charge in [-0.3, -0.25) is 4.21 Å². The van der Waals surface area contributed by atoms with Gasteiger partial charge in [-0.15, -0.1) is 0 Å². The molecule has 0 aliphatic carbocycles. The molecular weight excluding hydrogens is 357 g/mol. The fourth-order valence-corrected chi connectivity index (χ4v) is 4.48. The van der Waals surface area contributed by atoms with Crippen molar-refractivity contribution in [3.63, 3.8) is 0 Å². The summed E-state index contributed by atoms with van der Waals surface area (Å²) in [5, 5.41) is 0.924. The number of piperidine rings is 1. The molecule has 1 aliphatic heterocycles. The highest BCUT2D eigenvalue weighted by Crippen LogP contribution is 2.29. The van der Waals surface area contributed by atoms with Crippen molar-refractivity contribution in [1.29, 1.82) is 0 Å². The maximum absolute atomic E-state index is 12.7. The summed E-state index contributed by atoms with van der Waals surface area (Å²) in [5.41, 5.74) is -0.506. The van der Waals surface area contributed by atoms with Gasteiger partial charge in [0.1, 0.15) is 5.60 Å². The number of carbonyl (C=O) groups is 1. The fourth-order valence-electron chi connectivity index (χ4n) is 2.40. The minimum absolute atomic E-state index is 0.0210. The number of ether oxygens (including phenoxy) is 1. The second-order valence-corrected chi connectivity index (χ2v) is 9.08. The minimum atomic E-state index is -1.21. The molecule has 0 unspecified atom stereocenters. The van der Waals surface area contributed by atoms with E-state index in [0.29, 0.717) is 40.9 Å². The Morgan fingerprint density at radius 2 is 1.87 bits per heavy atom. The van der Waals surface area contributed by atoms with Gasteiger partial charge in [0.25, 0.3) is 0 Å². The first-order chi connectivity index (χ1) is 10.7. The molecule has 1 atom stereocenters. The van der Waals surface area contributed by atoms with Crippen molar-refractivity contribution in [2.24, 2.45) is 0 Å². The van der Waals surface area contributed by atoms with Crippen molar-refractivity contribution >= 4 is 40.1 Å². The van der Waals surface area contributed by atoms with E-state index in [-0.39, 0.29) is 11.3 Å². The smallest absolute Gasteiger partial charge is 0.410 e. The highest BCUT2D eigenvalue weighted by molar-refractivity contribution is 7.85. The Labute approximate surface area is 149 Å². The number of benzene rings is 1. The number of amides is 1. The summed E-state index contributed by atoms with van der Waals surface area (Å²) in [6.07, 6.45) is 1.00. The molecule has 1 fully saturated rings. The summed E-state index contributed by atoms with van der Waals surface area (Å²) >= 11 is 12.0. The predicted molar refractivity (Wildman–Crippen MR) is 93.7 cm³/mol. The van der Waals surface area contributed by atoms with Crippen LogP contribution in [0.5, 0.6) is 0 Å². The number of likely N-dealkylation sites (tertiary alicyclic amines) is 1. The molecule has 1 aromatic carbocycles. The summed E-state index contributed by atoms with van der Waals surface area (Å²) in [6.45, 7) is 6.60. The molecule has 23 heavy (non-hydrogen) atoms. The predicted octanol–water partition coefficient (Wildman–Crippen LogP) is 4.50. The monoisotopic (exact) mass is 377 g/mol. The molecule has 4 nitrogen and oxygen atoms in total. The normalized spacial score (nSPS) is 17.9. The van der Waals surface area contributed by atoms with Crippen LogP contribution in [0.3, 0.4) is 0 Å². The summed E-state index contributed by atoms with van der Waals surface area (Å²) < 4.78 is 18.1. The SMILES string of the molecule is CC(C)(C)OC(=O)N1CCC([S@@](=O)c2ccc(Cl)cc2Cl)CC1. The Kier molecular flexibility index (Phi) is 5.98. The second-order valence-electron chi connectivity index (χ2n) is 6.54. The zero-order valence-corrected chi connectivity index (χ0v) is 15.8. The van der Waals surface area contributed by atoms with Crippen LogP contribution in [-0.2, 0) is 15.5 Å². The van der Waals surface area contributed by atoms with Crippen LogP contribution in [-0.4, -0.2) is 39.1 Å². The molecule has 0 aromatic heterocycles. The lowest BCUT2D eigenvalue weighted by Crippen LogP contribution is -2.43. The van der Waals surface area contributed by atoms with Crippen LogP contribution in [0.4, 0.5) is 4.79 Å². The summed E-state index contributed by atoms with van der Waals surface area (Å²) in [6, 6.07) is 5.00. The summed E-state index contributed by atoms with van der Waals surface area (Å²) in [7, 11) is -1.21. The van der Waals surface area contributed by atoms with E-state index in [2.05, 4.69) is 0 Å². The largest absolute Gasteiger partial charge is 0.444 e. The molecule has 1 heterocycles. The first-order valence-corrected chi connectivity index (χ1v) is 9.48. The molecule has 0 radical (unpaired) electrons. The van der Waals surface area contributed by atoms with Crippen LogP contribution >= 0.6 is 23.2 Å². The molecule has 0 N–H and O–H groups in total. The lowest BCUT2D eigenvalue weighted by Gasteiger charge is -2.33. The van der Waals surface area contributed by atoms with Crippen LogP contribution in [0.25, 0.3) is 0 Å². The van der Waals surface area contributed by atoms with Gasteiger partial charge in [0, 0.05) is 23.4 Å². The van der Waals surface area contributed by atoms with Crippen molar-refractivity contribution in [2.75, 3.05) is 13.1 Å². The highest BCUT2D eigenvalue weighted by atomic mass is 35.5. The molecule has 0 spiro atoms. The molecule has 0 saturated carbocycles. The molecule has 0 bridgehead atoms. The average molecular weight is 378 g/mol. The molecule has 1 aromatic rings. The van der Waals surface area contributed by atoms with Gasteiger partial charge in [-0.2, -0.15) is 0 Å². The number of halogens is 2. The summed E-state index contributed by atoms with van der Waals surface area (Å²) in [4.78, 5) is 14.3. The van der Waals surface area contributed by atoms with Crippen molar-refractivity contribution in [2.45, 2.75) is 49.4 Å². The average Bonchev–Trinajstić information content (AvgIpc) is 2.45. The molecule has 128 valence electrons. The third-order valence-corrected chi connectivity index (χ3v) is 6.03. The van der Waals surface area contributed by atoms with E-state index in [1.54, 1.807) is 23.1 Å². The quantitative estimate of drug-likeness (QED) is 0.761.